The largest absolute Gasteiger partial charge is 0.330 e. The Morgan fingerprint density at radius 2 is 1.79 bits per heavy atom. The number of hydrogen-bond acceptors (Lipinski definition) is 1. The standard InChI is InChI=1S/C10H10Cl3N/c11-8-4-5-9(12)10(13)7(8)3-1-2-6-14/h1,3-5H,2,6,14H2/b3-1+. The second-order valence-corrected chi connectivity index (χ2v) is 3.93. The van der Waals surface area contributed by atoms with Gasteiger partial charge in [-0.2, -0.15) is 0 Å². The lowest BCUT2D eigenvalue weighted by atomic mass is 10.2. The van der Waals surface area contributed by atoms with Crippen molar-refractivity contribution in [2.45, 2.75) is 6.42 Å². The number of hydrogen-bond donors (Lipinski definition) is 1. The van der Waals surface area contributed by atoms with Crippen molar-refractivity contribution < 1.29 is 0 Å². The predicted molar refractivity (Wildman–Crippen MR) is 64.2 cm³/mol. The van der Waals surface area contributed by atoms with Gasteiger partial charge < -0.3 is 5.73 Å². The summed E-state index contributed by atoms with van der Waals surface area (Å²) in [5.41, 5.74) is 6.10. The van der Waals surface area contributed by atoms with Gasteiger partial charge in [-0.1, -0.05) is 47.0 Å². The van der Waals surface area contributed by atoms with Crippen LogP contribution in [0.25, 0.3) is 6.08 Å². The minimum atomic E-state index is 0.479. The molecule has 0 bridgehead atoms. The monoisotopic (exact) mass is 249 g/mol. The lowest BCUT2D eigenvalue weighted by molar-refractivity contribution is 1.01. The highest BCUT2D eigenvalue weighted by Crippen LogP contribution is 2.32. The van der Waals surface area contributed by atoms with Crippen LogP contribution in [0.1, 0.15) is 12.0 Å². The molecule has 0 aliphatic heterocycles. The third-order valence-corrected chi connectivity index (χ3v) is 2.85. The van der Waals surface area contributed by atoms with E-state index >= 15 is 0 Å². The van der Waals surface area contributed by atoms with Gasteiger partial charge in [0.05, 0.1) is 10.0 Å². The van der Waals surface area contributed by atoms with Crippen LogP contribution in [-0.2, 0) is 0 Å². The minimum Gasteiger partial charge on any atom is -0.330 e. The number of rotatable bonds is 3. The molecule has 0 unspecified atom stereocenters. The zero-order chi connectivity index (χ0) is 10.6. The van der Waals surface area contributed by atoms with E-state index in [2.05, 4.69) is 0 Å². The maximum atomic E-state index is 5.98. The summed E-state index contributed by atoms with van der Waals surface area (Å²) in [6.45, 7) is 0.603. The topological polar surface area (TPSA) is 26.0 Å². The SMILES string of the molecule is NCC/C=C/c1c(Cl)ccc(Cl)c1Cl. The van der Waals surface area contributed by atoms with E-state index in [-0.39, 0.29) is 0 Å². The Hall–Kier alpha value is -0.210. The molecule has 1 rings (SSSR count). The minimum absolute atomic E-state index is 0.479. The van der Waals surface area contributed by atoms with Crippen molar-refractivity contribution in [3.63, 3.8) is 0 Å². The van der Waals surface area contributed by atoms with E-state index in [1.807, 2.05) is 12.2 Å². The van der Waals surface area contributed by atoms with Gasteiger partial charge in [-0.25, -0.2) is 0 Å². The first-order valence-corrected chi connectivity index (χ1v) is 5.30. The van der Waals surface area contributed by atoms with E-state index in [0.29, 0.717) is 21.6 Å². The summed E-state index contributed by atoms with van der Waals surface area (Å²) in [6, 6.07) is 3.39. The van der Waals surface area contributed by atoms with Gasteiger partial charge in [-0.3, -0.25) is 0 Å². The summed E-state index contributed by atoms with van der Waals surface area (Å²) in [5, 5.41) is 1.57. The van der Waals surface area contributed by atoms with Crippen molar-refractivity contribution in [1.29, 1.82) is 0 Å². The summed E-state index contributed by atoms with van der Waals surface area (Å²) in [4.78, 5) is 0. The smallest absolute Gasteiger partial charge is 0.0679 e. The molecule has 0 aromatic heterocycles. The number of halogens is 3. The van der Waals surface area contributed by atoms with E-state index in [1.54, 1.807) is 12.1 Å². The van der Waals surface area contributed by atoms with E-state index in [4.69, 9.17) is 40.5 Å². The summed E-state index contributed by atoms with van der Waals surface area (Å²) in [6.07, 6.45) is 4.55. The van der Waals surface area contributed by atoms with E-state index in [1.165, 1.54) is 0 Å². The quantitative estimate of drug-likeness (QED) is 0.806. The third kappa shape index (κ3) is 2.89. The molecule has 0 fully saturated rings. The molecular weight excluding hydrogens is 240 g/mol. The zero-order valence-corrected chi connectivity index (χ0v) is 9.70. The maximum Gasteiger partial charge on any atom is 0.0679 e. The van der Waals surface area contributed by atoms with E-state index < -0.39 is 0 Å². The summed E-state index contributed by atoms with van der Waals surface area (Å²) >= 11 is 17.8. The molecule has 2 N–H and O–H groups in total. The fourth-order valence-corrected chi connectivity index (χ4v) is 1.65. The van der Waals surface area contributed by atoms with Crippen LogP contribution < -0.4 is 5.73 Å². The molecule has 1 aromatic rings. The van der Waals surface area contributed by atoms with Crippen LogP contribution >= 0.6 is 34.8 Å². The highest BCUT2D eigenvalue weighted by atomic mass is 35.5. The van der Waals surface area contributed by atoms with Gasteiger partial charge in [0.15, 0.2) is 0 Å². The molecule has 0 spiro atoms. The molecule has 0 aliphatic carbocycles. The lowest BCUT2D eigenvalue weighted by Crippen LogP contribution is -1.95. The second kappa shape index (κ2) is 5.62. The van der Waals surface area contributed by atoms with E-state index in [9.17, 15) is 0 Å². The second-order valence-electron chi connectivity index (χ2n) is 2.74. The molecule has 76 valence electrons. The van der Waals surface area contributed by atoms with Crippen LogP contribution in [0.3, 0.4) is 0 Å². The fourth-order valence-electron chi connectivity index (χ4n) is 0.993. The Labute approximate surface area is 98.5 Å². The molecule has 0 aliphatic rings. The molecule has 0 saturated heterocycles. The molecule has 1 aromatic carbocycles. The van der Waals surface area contributed by atoms with Gasteiger partial charge >= 0.3 is 0 Å². The van der Waals surface area contributed by atoms with Gasteiger partial charge in [0.1, 0.15) is 0 Å². The predicted octanol–water partition coefficient (Wildman–Crippen LogP) is 4.01. The van der Waals surface area contributed by atoms with Gasteiger partial charge in [0, 0.05) is 10.6 Å². The van der Waals surface area contributed by atoms with Crippen LogP contribution in [0.5, 0.6) is 0 Å². The van der Waals surface area contributed by atoms with Crippen molar-refractivity contribution in [2.75, 3.05) is 6.54 Å². The molecule has 0 radical (unpaired) electrons. The molecule has 1 nitrogen and oxygen atoms in total. The Morgan fingerprint density at radius 1 is 1.14 bits per heavy atom. The highest BCUT2D eigenvalue weighted by Gasteiger charge is 2.05. The Morgan fingerprint density at radius 3 is 2.43 bits per heavy atom. The van der Waals surface area contributed by atoms with Crippen LogP contribution in [0.4, 0.5) is 0 Å². The van der Waals surface area contributed by atoms with Crippen molar-refractivity contribution in [2.24, 2.45) is 5.73 Å². The average Bonchev–Trinajstić information content (AvgIpc) is 2.18. The normalized spacial score (nSPS) is 11.1. The van der Waals surface area contributed by atoms with Gasteiger partial charge in [-0.15, -0.1) is 0 Å². The van der Waals surface area contributed by atoms with Crippen LogP contribution in [0, 0.1) is 0 Å². The van der Waals surface area contributed by atoms with Gasteiger partial charge in [-0.05, 0) is 25.1 Å². The van der Waals surface area contributed by atoms with Crippen LogP contribution in [-0.4, -0.2) is 6.54 Å². The van der Waals surface area contributed by atoms with Crippen LogP contribution in [0.15, 0.2) is 18.2 Å². The lowest BCUT2D eigenvalue weighted by Gasteiger charge is -2.03. The average molecular weight is 251 g/mol. The summed E-state index contributed by atoms with van der Waals surface area (Å²) < 4.78 is 0. The van der Waals surface area contributed by atoms with Crippen molar-refractivity contribution >= 4 is 40.9 Å². The molecule has 14 heavy (non-hydrogen) atoms. The van der Waals surface area contributed by atoms with Gasteiger partial charge in [0.2, 0.25) is 0 Å². The first-order chi connectivity index (χ1) is 6.66. The molecule has 0 amide bonds. The Balaban J connectivity index is 3.00. The molecule has 0 saturated carbocycles. The zero-order valence-electron chi connectivity index (χ0n) is 7.43. The molecule has 4 heteroatoms. The van der Waals surface area contributed by atoms with Crippen molar-refractivity contribution in [1.82, 2.24) is 0 Å². The first kappa shape index (κ1) is 11.9. The highest BCUT2D eigenvalue weighted by molar-refractivity contribution is 6.44. The maximum absolute atomic E-state index is 5.98. The van der Waals surface area contributed by atoms with Crippen molar-refractivity contribution in [3.8, 4) is 0 Å². The number of benzene rings is 1. The summed E-state index contributed by atoms with van der Waals surface area (Å²) in [5.74, 6) is 0. The van der Waals surface area contributed by atoms with E-state index in [0.717, 1.165) is 12.0 Å². The molecule has 0 atom stereocenters. The Kier molecular flexibility index (Phi) is 4.76. The van der Waals surface area contributed by atoms with Crippen LogP contribution in [0.2, 0.25) is 15.1 Å². The molecular formula is C10H10Cl3N. The first-order valence-electron chi connectivity index (χ1n) is 4.17. The third-order valence-electron chi connectivity index (χ3n) is 1.70. The number of nitrogens with two attached hydrogens (primary N) is 1. The fraction of sp³-hybridized carbons (Fsp3) is 0.200. The van der Waals surface area contributed by atoms with Gasteiger partial charge in [0.25, 0.3) is 0 Å². The summed E-state index contributed by atoms with van der Waals surface area (Å²) in [7, 11) is 0. The van der Waals surface area contributed by atoms with Crippen molar-refractivity contribution in [3.05, 3.63) is 38.8 Å². The molecule has 0 heterocycles. The Bertz CT molecular complexity index is 347.